The van der Waals surface area contributed by atoms with Crippen LogP contribution in [-0.4, -0.2) is 19.9 Å². The van der Waals surface area contributed by atoms with Crippen molar-refractivity contribution in [1.29, 1.82) is 0 Å². The number of hydrogen-bond donors (Lipinski definition) is 1. The first-order valence-electron chi connectivity index (χ1n) is 6.60. The van der Waals surface area contributed by atoms with E-state index < -0.39 is 0 Å². The minimum Gasteiger partial charge on any atom is -0.388 e. The van der Waals surface area contributed by atoms with Crippen molar-refractivity contribution >= 4 is 23.4 Å². The molecule has 0 fully saturated rings. The van der Waals surface area contributed by atoms with Crippen molar-refractivity contribution in [1.82, 2.24) is 14.8 Å². The average Bonchev–Trinajstić information content (AvgIpc) is 2.81. The number of aromatic nitrogens is 3. The van der Waals surface area contributed by atoms with Crippen molar-refractivity contribution in [3.05, 3.63) is 40.7 Å². The molecule has 0 bridgehead atoms. The van der Waals surface area contributed by atoms with E-state index in [-0.39, 0.29) is 11.9 Å². The highest BCUT2D eigenvalue weighted by atomic mass is 35.5. The Morgan fingerprint density at radius 3 is 2.85 bits per heavy atom. The van der Waals surface area contributed by atoms with Crippen molar-refractivity contribution in [2.24, 2.45) is 0 Å². The molecule has 1 aromatic carbocycles. The molecule has 1 atom stereocenters. The molecule has 108 valence electrons. The quantitative estimate of drug-likeness (QED) is 0.827. The number of thioether (sulfide) groups is 1. The van der Waals surface area contributed by atoms with Crippen LogP contribution in [0.3, 0.4) is 0 Å². The van der Waals surface area contributed by atoms with Crippen LogP contribution < -0.4 is 0 Å². The van der Waals surface area contributed by atoms with E-state index in [0.29, 0.717) is 5.82 Å². The zero-order valence-corrected chi connectivity index (χ0v) is 13.2. The average molecular weight is 312 g/mol. The Bertz CT molecular complexity index is 573. The lowest BCUT2D eigenvalue weighted by Gasteiger charge is -2.13. The molecule has 20 heavy (non-hydrogen) atoms. The van der Waals surface area contributed by atoms with Crippen LogP contribution >= 0.6 is 23.4 Å². The number of benzene rings is 1. The van der Waals surface area contributed by atoms with Gasteiger partial charge >= 0.3 is 0 Å². The molecule has 0 spiro atoms. The summed E-state index contributed by atoms with van der Waals surface area (Å²) in [5.41, 5.74) is 1.15. The Balaban J connectivity index is 2.19. The summed E-state index contributed by atoms with van der Waals surface area (Å²) in [4.78, 5) is 0. The maximum absolute atomic E-state index is 9.30. The monoisotopic (exact) mass is 311 g/mol. The molecular formula is C14H18ClN3OS. The van der Waals surface area contributed by atoms with Gasteiger partial charge in [0.2, 0.25) is 0 Å². The highest BCUT2D eigenvalue weighted by Crippen LogP contribution is 2.34. The normalized spacial score (nSPS) is 12.6. The molecule has 0 radical (unpaired) electrons. The van der Waals surface area contributed by atoms with E-state index in [9.17, 15) is 5.11 Å². The van der Waals surface area contributed by atoms with Crippen LogP contribution in [0.1, 0.15) is 36.9 Å². The number of rotatable bonds is 6. The molecule has 6 heteroatoms. The summed E-state index contributed by atoms with van der Waals surface area (Å²) in [6.07, 6.45) is 0.976. The Labute approximate surface area is 128 Å². The van der Waals surface area contributed by atoms with Gasteiger partial charge in [-0.15, -0.1) is 10.2 Å². The van der Waals surface area contributed by atoms with Crippen LogP contribution in [0.5, 0.6) is 0 Å². The second-order valence-corrected chi connectivity index (χ2v) is 6.27. The van der Waals surface area contributed by atoms with Gasteiger partial charge in [0, 0.05) is 16.8 Å². The van der Waals surface area contributed by atoms with E-state index in [1.54, 1.807) is 11.8 Å². The standard InChI is InChI=1S/C14H18ClN3OS/c1-3-7-18-13(9-19)16-17-14(18)20-10(2)11-5-4-6-12(15)8-11/h4-6,8,10,19H,3,7,9H2,1-2H3. The molecule has 2 rings (SSSR count). The summed E-state index contributed by atoms with van der Waals surface area (Å²) in [7, 11) is 0. The Hall–Kier alpha value is -1.04. The molecule has 2 aromatic rings. The third-order valence-electron chi connectivity index (χ3n) is 2.98. The fraction of sp³-hybridized carbons (Fsp3) is 0.429. The second kappa shape index (κ2) is 7.11. The molecule has 1 unspecified atom stereocenters. The largest absolute Gasteiger partial charge is 0.388 e. The lowest BCUT2D eigenvalue weighted by molar-refractivity contribution is 0.263. The van der Waals surface area contributed by atoms with Gasteiger partial charge in [0.25, 0.3) is 0 Å². The first-order valence-corrected chi connectivity index (χ1v) is 7.86. The number of nitrogens with zero attached hydrogens (tertiary/aromatic N) is 3. The highest BCUT2D eigenvalue weighted by molar-refractivity contribution is 7.99. The molecule has 0 amide bonds. The van der Waals surface area contributed by atoms with Crippen LogP contribution in [0, 0.1) is 0 Å². The SMILES string of the molecule is CCCn1c(CO)nnc1SC(C)c1cccc(Cl)c1. The summed E-state index contributed by atoms with van der Waals surface area (Å²) in [5.74, 6) is 0.618. The molecular weight excluding hydrogens is 294 g/mol. The fourth-order valence-electron chi connectivity index (χ4n) is 1.96. The molecule has 0 aliphatic carbocycles. The number of hydrogen-bond acceptors (Lipinski definition) is 4. The first kappa shape index (κ1) is 15.4. The Kier molecular flexibility index (Phi) is 5.46. The summed E-state index contributed by atoms with van der Waals surface area (Å²) < 4.78 is 1.98. The lowest BCUT2D eigenvalue weighted by Crippen LogP contribution is -2.05. The molecule has 1 heterocycles. The van der Waals surface area contributed by atoms with Gasteiger partial charge in [-0.3, -0.25) is 0 Å². The molecule has 0 saturated carbocycles. The van der Waals surface area contributed by atoms with Crippen LogP contribution in [-0.2, 0) is 13.2 Å². The van der Waals surface area contributed by atoms with E-state index in [1.165, 1.54) is 0 Å². The molecule has 1 aromatic heterocycles. The highest BCUT2D eigenvalue weighted by Gasteiger charge is 2.15. The summed E-state index contributed by atoms with van der Waals surface area (Å²) in [6, 6.07) is 7.83. The van der Waals surface area contributed by atoms with Gasteiger partial charge in [0.05, 0.1) is 0 Å². The van der Waals surface area contributed by atoms with Gasteiger partial charge in [-0.2, -0.15) is 0 Å². The van der Waals surface area contributed by atoms with Crippen molar-refractivity contribution in [3.8, 4) is 0 Å². The van der Waals surface area contributed by atoms with Crippen LogP contribution in [0.4, 0.5) is 0 Å². The van der Waals surface area contributed by atoms with Gasteiger partial charge in [-0.05, 0) is 31.0 Å². The lowest BCUT2D eigenvalue weighted by atomic mass is 10.2. The van der Waals surface area contributed by atoms with Crippen molar-refractivity contribution in [2.75, 3.05) is 0 Å². The topological polar surface area (TPSA) is 50.9 Å². The molecule has 4 nitrogen and oxygen atoms in total. The molecule has 1 N–H and O–H groups in total. The predicted molar refractivity (Wildman–Crippen MR) is 82.0 cm³/mol. The number of aliphatic hydroxyl groups excluding tert-OH is 1. The minimum absolute atomic E-state index is 0.0842. The minimum atomic E-state index is -0.0842. The zero-order valence-electron chi connectivity index (χ0n) is 11.6. The summed E-state index contributed by atoms with van der Waals surface area (Å²) in [5, 5.41) is 19.3. The predicted octanol–water partition coefficient (Wildman–Crippen LogP) is 3.69. The summed E-state index contributed by atoms with van der Waals surface area (Å²) >= 11 is 7.65. The number of aliphatic hydroxyl groups is 1. The smallest absolute Gasteiger partial charge is 0.191 e. The first-order chi connectivity index (χ1) is 9.65. The Morgan fingerprint density at radius 1 is 1.40 bits per heavy atom. The van der Waals surface area contributed by atoms with Gasteiger partial charge < -0.3 is 9.67 Å². The Morgan fingerprint density at radius 2 is 2.20 bits per heavy atom. The third-order valence-corrected chi connectivity index (χ3v) is 4.36. The number of halogens is 1. The van der Waals surface area contributed by atoms with E-state index in [0.717, 1.165) is 28.7 Å². The zero-order chi connectivity index (χ0) is 14.5. The molecule has 0 saturated heterocycles. The van der Waals surface area contributed by atoms with Crippen molar-refractivity contribution in [2.45, 2.75) is 43.8 Å². The maximum atomic E-state index is 9.30. The van der Waals surface area contributed by atoms with E-state index in [2.05, 4.69) is 30.1 Å². The van der Waals surface area contributed by atoms with E-state index in [4.69, 9.17) is 11.6 Å². The van der Waals surface area contributed by atoms with Gasteiger partial charge in [0.1, 0.15) is 6.61 Å². The fourth-order valence-corrected chi connectivity index (χ4v) is 3.17. The van der Waals surface area contributed by atoms with Gasteiger partial charge in [-0.1, -0.05) is 42.4 Å². The van der Waals surface area contributed by atoms with Crippen molar-refractivity contribution in [3.63, 3.8) is 0 Å². The van der Waals surface area contributed by atoms with Gasteiger partial charge in [0.15, 0.2) is 11.0 Å². The van der Waals surface area contributed by atoms with Crippen LogP contribution in [0.15, 0.2) is 29.4 Å². The maximum Gasteiger partial charge on any atom is 0.191 e. The summed E-state index contributed by atoms with van der Waals surface area (Å²) in [6.45, 7) is 4.93. The molecule has 0 aliphatic rings. The molecule has 0 aliphatic heterocycles. The van der Waals surface area contributed by atoms with Crippen LogP contribution in [0.2, 0.25) is 5.02 Å². The third kappa shape index (κ3) is 3.53. The second-order valence-electron chi connectivity index (χ2n) is 4.52. The van der Waals surface area contributed by atoms with Crippen molar-refractivity contribution < 1.29 is 5.11 Å². The van der Waals surface area contributed by atoms with E-state index in [1.807, 2.05) is 22.8 Å². The van der Waals surface area contributed by atoms with Crippen LogP contribution in [0.25, 0.3) is 0 Å². The van der Waals surface area contributed by atoms with E-state index >= 15 is 0 Å². The van der Waals surface area contributed by atoms with Gasteiger partial charge in [-0.25, -0.2) is 0 Å².